The van der Waals surface area contributed by atoms with Crippen LogP contribution in [0.2, 0.25) is 0 Å². The average molecular weight is 230 g/mol. The summed E-state index contributed by atoms with van der Waals surface area (Å²) in [7, 11) is 0. The first-order chi connectivity index (χ1) is 8.38. The summed E-state index contributed by atoms with van der Waals surface area (Å²) in [6, 6.07) is 7.99. The molecular formula is C13H14N2O2. The van der Waals surface area contributed by atoms with Gasteiger partial charge >= 0.3 is 0 Å². The van der Waals surface area contributed by atoms with Crippen molar-refractivity contribution in [3.8, 4) is 17.6 Å². The van der Waals surface area contributed by atoms with Gasteiger partial charge in [-0.25, -0.2) is 0 Å². The third-order valence-electron chi connectivity index (χ3n) is 3.34. The van der Waals surface area contributed by atoms with Gasteiger partial charge in [0.15, 0.2) is 11.5 Å². The molecule has 3 rings (SSSR count). The molecule has 2 aliphatic heterocycles. The van der Waals surface area contributed by atoms with E-state index in [2.05, 4.69) is 11.0 Å². The molecular weight excluding hydrogens is 216 g/mol. The molecule has 1 saturated heterocycles. The van der Waals surface area contributed by atoms with Crippen molar-refractivity contribution in [1.29, 1.82) is 5.26 Å². The molecule has 0 radical (unpaired) electrons. The predicted octanol–water partition coefficient (Wildman–Crippen LogP) is 2.08. The highest BCUT2D eigenvalue weighted by Crippen LogP contribution is 2.35. The van der Waals surface area contributed by atoms with Crippen LogP contribution in [0, 0.1) is 11.3 Å². The molecule has 0 bridgehead atoms. The molecule has 4 heteroatoms. The number of hydrogen-bond acceptors (Lipinski definition) is 4. The van der Waals surface area contributed by atoms with Gasteiger partial charge in [-0.15, -0.1) is 0 Å². The maximum atomic E-state index is 9.32. The van der Waals surface area contributed by atoms with E-state index in [-0.39, 0.29) is 12.8 Å². The molecule has 1 fully saturated rings. The molecule has 88 valence electrons. The van der Waals surface area contributed by atoms with Gasteiger partial charge in [0.2, 0.25) is 6.79 Å². The molecule has 0 saturated carbocycles. The van der Waals surface area contributed by atoms with E-state index < -0.39 is 0 Å². The van der Waals surface area contributed by atoms with E-state index in [1.807, 2.05) is 18.2 Å². The van der Waals surface area contributed by atoms with Crippen molar-refractivity contribution < 1.29 is 9.47 Å². The lowest BCUT2D eigenvalue weighted by Crippen LogP contribution is -2.24. The number of ether oxygens (including phenoxy) is 2. The quantitative estimate of drug-likeness (QED) is 0.780. The number of rotatable bonds is 2. The fraction of sp³-hybridized carbons (Fsp3) is 0.462. The lowest BCUT2D eigenvalue weighted by molar-refractivity contribution is 0.174. The largest absolute Gasteiger partial charge is 0.454 e. The summed E-state index contributed by atoms with van der Waals surface area (Å²) in [6.07, 6.45) is 2.37. The summed E-state index contributed by atoms with van der Waals surface area (Å²) < 4.78 is 10.6. The van der Waals surface area contributed by atoms with Crippen LogP contribution in [0.5, 0.6) is 11.5 Å². The average Bonchev–Trinajstić information content (AvgIpc) is 2.99. The minimum Gasteiger partial charge on any atom is -0.454 e. The number of benzene rings is 1. The van der Waals surface area contributed by atoms with Crippen LogP contribution in [0.1, 0.15) is 24.4 Å². The molecule has 1 atom stereocenters. The lowest BCUT2D eigenvalue weighted by atomic mass is 10.1. The van der Waals surface area contributed by atoms with Crippen molar-refractivity contribution in [2.75, 3.05) is 19.9 Å². The first-order valence-corrected chi connectivity index (χ1v) is 5.92. The summed E-state index contributed by atoms with van der Waals surface area (Å²) in [5, 5.41) is 9.32. The van der Waals surface area contributed by atoms with Crippen molar-refractivity contribution in [2.24, 2.45) is 0 Å². The van der Waals surface area contributed by atoms with Gasteiger partial charge in [0.25, 0.3) is 0 Å². The fourth-order valence-corrected chi connectivity index (χ4v) is 2.45. The van der Waals surface area contributed by atoms with Crippen LogP contribution in [0.4, 0.5) is 0 Å². The van der Waals surface area contributed by atoms with Gasteiger partial charge < -0.3 is 9.47 Å². The van der Waals surface area contributed by atoms with E-state index in [1.54, 1.807) is 0 Å². The van der Waals surface area contributed by atoms with E-state index in [1.165, 1.54) is 12.8 Å². The van der Waals surface area contributed by atoms with Gasteiger partial charge in [0, 0.05) is 0 Å². The summed E-state index contributed by atoms with van der Waals surface area (Å²) in [5.74, 6) is 1.52. The molecule has 1 aromatic carbocycles. The highest BCUT2D eigenvalue weighted by atomic mass is 16.7. The second-order valence-electron chi connectivity index (χ2n) is 4.39. The Morgan fingerprint density at radius 1 is 1.18 bits per heavy atom. The Balaban J connectivity index is 1.89. The van der Waals surface area contributed by atoms with Crippen molar-refractivity contribution >= 4 is 0 Å². The van der Waals surface area contributed by atoms with E-state index >= 15 is 0 Å². The lowest BCUT2D eigenvalue weighted by Gasteiger charge is -2.21. The van der Waals surface area contributed by atoms with Crippen LogP contribution in [0.15, 0.2) is 18.2 Å². The van der Waals surface area contributed by atoms with E-state index in [0.29, 0.717) is 0 Å². The molecule has 1 aromatic rings. The Kier molecular flexibility index (Phi) is 2.62. The maximum absolute atomic E-state index is 9.32. The van der Waals surface area contributed by atoms with Gasteiger partial charge in [-0.05, 0) is 43.6 Å². The Hall–Kier alpha value is -1.73. The van der Waals surface area contributed by atoms with Gasteiger partial charge in [0.05, 0.1) is 6.07 Å². The summed E-state index contributed by atoms with van der Waals surface area (Å²) in [6.45, 7) is 2.29. The second-order valence-corrected chi connectivity index (χ2v) is 4.39. The number of likely N-dealkylation sites (tertiary alicyclic amines) is 1. The molecule has 4 nitrogen and oxygen atoms in total. The van der Waals surface area contributed by atoms with Gasteiger partial charge in [-0.3, -0.25) is 4.90 Å². The van der Waals surface area contributed by atoms with Crippen molar-refractivity contribution in [2.45, 2.75) is 18.9 Å². The number of nitrogens with zero attached hydrogens (tertiary/aromatic N) is 2. The third-order valence-corrected chi connectivity index (χ3v) is 3.34. The number of hydrogen-bond donors (Lipinski definition) is 0. The van der Waals surface area contributed by atoms with E-state index in [9.17, 15) is 5.26 Å². The van der Waals surface area contributed by atoms with E-state index in [0.717, 1.165) is 30.2 Å². The molecule has 2 aliphatic rings. The first kappa shape index (κ1) is 10.4. The molecule has 0 N–H and O–H groups in total. The number of nitriles is 1. The van der Waals surface area contributed by atoms with Crippen LogP contribution < -0.4 is 9.47 Å². The Morgan fingerprint density at radius 3 is 2.71 bits per heavy atom. The summed E-state index contributed by atoms with van der Waals surface area (Å²) in [4.78, 5) is 2.22. The molecule has 0 aliphatic carbocycles. The highest BCUT2D eigenvalue weighted by Gasteiger charge is 2.25. The molecule has 1 unspecified atom stereocenters. The SMILES string of the molecule is N#CC(c1ccc2c(c1)OCO2)N1CCCC1. The summed E-state index contributed by atoms with van der Waals surface area (Å²) in [5.41, 5.74) is 0.999. The highest BCUT2D eigenvalue weighted by molar-refractivity contribution is 5.46. The van der Waals surface area contributed by atoms with Crippen LogP contribution in [0.3, 0.4) is 0 Å². The van der Waals surface area contributed by atoms with Gasteiger partial charge in [-0.1, -0.05) is 6.07 Å². The van der Waals surface area contributed by atoms with Crippen LogP contribution in [0.25, 0.3) is 0 Å². The topological polar surface area (TPSA) is 45.5 Å². The van der Waals surface area contributed by atoms with Crippen LogP contribution >= 0.6 is 0 Å². The Bertz CT molecular complexity index is 461. The zero-order chi connectivity index (χ0) is 11.7. The minimum atomic E-state index is -0.160. The first-order valence-electron chi connectivity index (χ1n) is 5.92. The maximum Gasteiger partial charge on any atom is 0.231 e. The smallest absolute Gasteiger partial charge is 0.231 e. The van der Waals surface area contributed by atoms with E-state index in [4.69, 9.17) is 9.47 Å². The molecule has 2 heterocycles. The minimum absolute atomic E-state index is 0.160. The summed E-state index contributed by atoms with van der Waals surface area (Å²) >= 11 is 0. The van der Waals surface area contributed by atoms with Crippen LogP contribution in [-0.4, -0.2) is 24.8 Å². The zero-order valence-corrected chi connectivity index (χ0v) is 9.56. The van der Waals surface area contributed by atoms with Gasteiger partial charge in [0.1, 0.15) is 6.04 Å². The zero-order valence-electron chi connectivity index (χ0n) is 9.56. The van der Waals surface area contributed by atoms with Gasteiger partial charge in [-0.2, -0.15) is 5.26 Å². The predicted molar refractivity (Wildman–Crippen MR) is 61.7 cm³/mol. The fourth-order valence-electron chi connectivity index (χ4n) is 2.45. The standard InChI is InChI=1S/C13H14N2O2/c14-8-11(15-5-1-2-6-15)10-3-4-12-13(7-10)17-9-16-12/h3-4,7,11H,1-2,5-6,9H2. The monoisotopic (exact) mass is 230 g/mol. The van der Waals surface area contributed by atoms with Crippen molar-refractivity contribution in [3.63, 3.8) is 0 Å². The molecule has 17 heavy (non-hydrogen) atoms. The normalized spacial score (nSPS) is 20.2. The molecule has 0 amide bonds. The molecule has 0 aromatic heterocycles. The Labute approximate surface area is 100 Å². The third kappa shape index (κ3) is 1.83. The second kappa shape index (κ2) is 4.27. The van der Waals surface area contributed by atoms with Crippen molar-refractivity contribution in [1.82, 2.24) is 4.90 Å². The van der Waals surface area contributed by atoms with Crippen LogP contribution in [-0.2, 0) is 0 Å². The Morgan fingerprint density at radius 2 is 1.94 bits per heavy atom. The number of fused-ring (bicyclic) bond motifs is 1. The van der Waals surface area contributed by atoms with Crippen molar-refractivity contribution in [3.05, 3.63) is 23.8 Å². The molecule has 0 spiro atoms.